The first kappa shape index (κ1) is 16.4. The summed E-state index contributed by atoms with van der Waals surface area (Å²) in [5.41, 5.74) is 6.98. The van der Waals surface area contributed by atoms with Gasteiger partial charge in [0.15, 0.2) is 0 Å². The summed E-state index contributed by atoms with van der Waals surface area (Å²) in [7, 11) is 0. The minimum atomic E-state index is -0.425. The highest BCUT2D eigenvalue weighted by atomic mass is 32.2. The molecule has 2 N–H and O–H groups in total. The molecule has 1 aliphatic rings. The van der Waals surface area contributed by atoms with E-state index in [0.717, 1.165) is 4.90 Å². The SMILES string of the molecule is CCOc1ccc(N2C(=O)C[C@H](Sc3cccc(N)c3)C2=O)cc1. The molecule has 1 saturated heterocycles. The first-order valence-electron chi connectivity index (χ1n) is 7.70. The van der Waals surface area contributed by atoms with Gasteiger partial charge in [0, 0.05) is 17.0 Å². The van der Waals surface area contributed by atoms with Crippen molar-refractivity contribution in [2.75, 3.05) is 17.2 Å². The number of anilines is 2. The molecule has 5 nitrogen and oxygen atoms in total. The number of hydrogen-bond donors (Lipinski definition) is 1. The van der Waals surface area contributed by atoms with Crippen molar-refractivity contribution < 1.29 is 14.3 Å². The van der Waals surface area contributed by atoms with E-state index in [1.807, 2.05) is 25.1 Å². The summed E-state index contributed by atoms with van der Waals surface area (Å²) in [6.45, 7) is 2.47. The van der Waals surface area contributed by atoms with E-state index in [1.165, 1.54) is 16.7 Å². The molecule has 0 spiro atoms. The van der Waals surface area contributed by atoms with Gasteiger partial charge in [-0.1, -0.05) is 6.07 Å². The lowest BCUT2D eigenvalue weighted by atomic mass is 10.3. The van der Waals surface area contributed by atoms with Crippen LogP contribution in [0.2, 0.25) is 0 Å². The molecule has 0 saturated carbocycles. The fourth-order valence-corrected chi connectivity index (χ4v) is 3.70. The molecule has 1 heterocycles. The predicted molar refractivity (Wildman–Crippen MR) is 95.2 cm³/mol. The van der Waals surface area contributed by atoms with E-state index in [1.54, 1.807) is 30.3 Å². The van der Waals surface area contributed by atoms with Crippen LogP contribution in [-0.4, -0.2) is 23.7 Å². The molecule has 0 bridgehead atoms. The number of amides is 2. The number of carbonyl (C=O) groups excluding carboxylic acids is 2. The standard InChI is InChI=1S/C18H18N2O3S/c1-2-23-14-8-6-13(7-9-14)20-17(21)11-16(18(20)22)24-15-5-3-4-12(19)10-15/h3-10,16H,2,11,19H2,1H3/t16-/m0/s1. The van der Waals surface area contributed by atoms with E-state index in [9.17, 15) is 9.59 Å². The number of hydrogen-bond acceptors (Lipinski definition) is 5. The second kappa shape index (κ2) is 6.97. The maximum absolute atomic E-state index is 12.6. The van der Waals surface area contributed by atoms with E-state index in [4.69, 9.17) is 10.5 Å². The molecule has 3 rings (SSSR count). The molecular formula is C18H18N2O3S. The Labute approximate surface area is 144 Å². The zero-order chi connectivity index (χ0) is 17.1. The smallest absolute Gasteiger partial charge is 0.247 e. The van der Waals surface area contributed by atoms with Crippen LogP contribution in [0.15, 0.2) is 53.4 Å². The molecule has 0 aromatic heterocycles. The molecule has 1 atom stereocenters. The monoisotopic (exact) mass is 342 g/mol. The first-order valence-corrected chi connectivity index (χ1v) is 8.58. The number of benzene rings is 2. The van der Waals surface area contributed by atoms with Crippen LogP contribution in [0.3, 0.4) is 0 Å². The maximum Gasteiger partial charge on any atom is 0.247 e. The second-order valence-electron chi connectivity index (χ2n) is 5.38. The Hall–Kier alpha value is -2.47. The summed E-state index contributed by atoms with van der Waals surface area (Å²) in [4.78, 5) is 27.1. The van der Waals surface area contributed by atoms with E-state index < -0.39 is 5.25 Å². The van der Waals surface area contributed by atoms with Crippen LogP contribution in [0.1, 0.15) is 13.3 Å². The Morgan fingerprint density at radius 2 is 1.96 bits per heavy atom. The van der Waals surface area contributed by atoms with Crippen LogP contribution in [0, 0.1) is 0 Å². The van der Waals surface area contributed by atoms with Gasteiger partial charge in [-0.15, -0.1) is 11.8 Å². The van der Waals surface area contributed by atoms with Crippen molar-refractivity contribution in [3.63, 3.8) is 0 Å². The van der Waals surface area contributed by atoms with Crippen LogP contribution in [-0.2, 0) is 9.59 Å². The molecular weight excluding hydrogens is 324 g/mol. The third kappa shape index (κ3) is 3.38. The highest BCUT2D eigenvalue weighted by Gasteiger charge is 2.40. The third-order valence-electron chi connectivity index (χ3n) is 3.65. The lowest BCUT2D eigenvalue weighted by Gasteiger charge is -2.15. The van der Waals surface area contributed by atoms with Gasteiger partial charge in [-0.05, 0) is 49.4 Å². The zero-order valence-electron chi connectivity index (χ0n) is 13.3. The summed E-state index contributed by atoms with van der Waals surface area (Å²) in [5.74, 6) is 0.327. The van der Waals surface area contributed by atoms with Crippen molar-refractivity contribution in [1.29, 1.82) is 0 Å². The molecule has 0 radical (unpaired) electrons. The number of imide groups is 1. The number of ether oxygens (including phenoxy) is 1. The van der Waals surface area contributed by atoms with Crippen LogP contribution in [0.25, 0.3) is 0 Å². The molecule has 1 aliphatic heterocycles. The normalized spacial score (nSPS) is 17.4. The number of rotatable bonds is 5. The minimum Gasteiger partial charge on any atom is -0.494 e. The third-order valence-corrected chi connectivity index (χ3v) is 4.83. The van der Waals surface area contributed by atoms with Crippen LogP contribution >= 0.6 is 11.8 Å². The molecule has 124 valence electrons. The van der Waals surface area contributed by atoms with Crippen molar-refractivity contribution in [2.45, 2.75) is 23.5 Å². The van der Waals surface area contributed by atoms with E-state index in [2.05, 4.69) is 0 Å². The summed E-state index contributed by atoms with van der Waals surface area (Å²) in [6.07, 6.45) is 0.186. The Morgan fingerprint density at radius 1 is 1.21 bits per heavy atom. The number of carbonyl (C=O) groups is 2. The average molecular weight is 342 g/mol. The fraction of sp³-hybridized carbons (Fsp3) is 0.222. The molecule has 2 amide bonds. The number of nitrogen functional groups attached to an aromatic ring is 1. The molecule has 0 aliphatic carbocycles. The second-order valence-corrected chi connectivity index (χ2v) is 6.65. The Morgan fingerprint density at radius 3 is 2.62 bits per heavy atom. The maximum atomic E-state index is 12.6. The number of nitrogens with two attached hydrogens (primary N) is 1. The van der Waals surface area contributed by atoms with Gasteiger partial charge in [0.2, 0.25) is 11.8 Å². The summed E-state index contributed by atoms with van der Waals surface area (Å²) in [5, 5.41) is -0.425. The Balaban J connectivity index is 1.76. The molecule has 0 unspecified atom stereocenters. The number of thioether (sulfide) groups is 1. The van der Waals surface area contributed by atoms with Gasteiger partial charge in [0.1, 0.15) is 5.75 Å². The lowest BCUT2D eigenvalue weighted by Crippen LogP contribution is -2.31. The zero-order valence-corrected chi connectivity index (χ0v) is 14.1. The fourth-order valence-electron chi connectivity index (χ4n) is 2.58. The summed E-state index contributed by atoms with van der Waals surface area (Å²) in [6, 6.07) is 14.3. The minimum absolute atomic E-state index is 0.186. The van der Waals surface area contributed by atoms with Crippen molar-refractivity contribution in [3.8, 4) is 5.75 Å². The largest absolute Gasteiger partial charge is 0.494 e. The average Bonchev–Trinajstić information content (AvgIpc) is 2.83. The van der Waals surface area contributed by atoms with Gasteiger partial charge in [-0.25, -0.2) is 4.90 Å². The molecule has 6 heteroatoms. The van der Waals surface area contributed by atoms with Crippen molar-refractivity contribution >= 4 is 35.0 Å². The molecule has 2 aromatic rings. The van der Waals surface area contributed by atoms with Gasteiger partial charge < -0.3 is 10.5 Å². The van der Waals surface area contributed by atoms with Gasteiger partial charge in [-0.2, -0.15) is 0 Å². The van der Waals surface area contributed by atoms with E-state index >= 15 is 0 Å². The predicted octanol–water partition coefficient (Wildman–Crippen LogP) is 3.09. The highest BCUT2D eigenvalue weighted by molar-refractivity contribution is 8.00. The van der Waals surface area contributed by atoms with Gasteiger partial charge in [0.05, 0.1) is 17.5 Å². The van der Waals surface area contributed by atoms with Gasteiger partial charge in [-0.3, -0.25) is 9.59 Å². The lowest BCUT2D eigenvalue weighted by molar-refractivity contribution is -0.121. The Kier molecular flexibility index (Phi) is 4.76. The highest BCUT2D eigenvalue weighted by Crippen LogP contribution is 2.34. The van der Waals surface area contributed by atoms with Crippen LogP contribution < -0.4 is 15.4 Å². The summed E-state index contributed by atoms with van der Waals surface area (Å²) >= 11 is 1.37. The van der Waals surface area contributed by atoms with E-state index in [0.29, 0.717) is 23.7 Å². The topological polar surface area (TPSA) is 72.6 Å². The molecule has 1 fully saturated rings. The van der Waals surface area contributed by atoms with Crippen LogP contribution in [0.5, 0.6) is 5.75 Å². The Bertz CT molecular complexity index is 761. The van der Waals surface area contributed by atoms with Crippen molar-refractivity contribution in [2.24, 2.45) is 0 Å². The van der Waals surface area contributed by atoms with Crippen molar-refractivity contribution in [3.05, 3.63) is 48.5 Å². The number of nitrogens with zero attached hydrogens (tertiary/aromatic N) is 1. The first-order chi connectivity index (χ1) is 11.6. The van der Waals surface area contributed by atoms with Gasteiger partial charge >= 0.3 is 0 Å². The van der Waals surface area contributed by atoms with E-state index in [-0.39, 0.29) is 18.2 Å². The molecule has 24 heavy (non-hydrogen) atoms. The van der Waals surface area contributed by atoms with Crippen LogP contribution in [0.4, 0.5) is 11.4 Å². The summed E-state index contributed by atoms with van der Waals surface area (Å²) < 4.78 is 5.38. The van der Waals surface area contributed by atoms with Crippen molar-refractivity contribution in [1.82, 2.24) is 0 Å². The van der Waals surface area contributed by atoms with Gasteiger partial charge in [0.25, 0.3) is 0 Å². The molecule has 2 aromatic carbocycles. The quantitative estimate of drug-likeness (QED) is 0.668.